The number of methoxy groups -OCH3 is 1. The summed E-state index contributed by atoms with van der Waals surface area (Å²) in [7, 11) is 1.77. The molecule has 2 saturated carbocycles. The minimum absolute atomic E-state index is 0.0872. The van der Waals surface area contributed by atoms with E-state index >= 15 is 0 Å². The van der Waals surface area contributed by atoms with E-state index in [-0.39, 0.29) is 17.8 Å². The Morgan fingerprint density at radius 3 is 1.55 bits per heavy atom. The van der Waals surface area contributed by atoms with Crippen molar-refractivity contribution in [3.05, 3.63) is 0 Å². The molecule has 0 aromatic rings. The van der Waals surface area contributed by atoms with Gasteiger partial charge in [0.1, 0.15) is 0 Å². The van der Waals surface area contributed by atoms with Gasteiger partial charge in [-0.05, 0) is 116 Å². The maximum Gasteiger partial charge on any atom is 0.309 e. The van der Waals surface area contributed by atoms with Gasteiger partial charge in [-0.1, -0.05) is 25.7 Å². The average molecular weight is 469 g/mol. The van der Waals surface area contributed by atoms with Crippen molar-refractivity contribution in [1.29, 1.82) is 0 Å². The van der Waals surface area contributed by atoms with Crippen molar-refractivity contribution < 1.29 is 24.9 Å². The summed E-state index contributed by atoms with van der Waals surface area (Å²) in [4.78, 5) is 11.3. The van der Waals surface area contributed by atoms with Gasteiger partial charge >= 0.3 is 5.97 Å². The van der Waals surface area contributed by atoms with Gasteiger partial charge in [0, 0.05) is 7.11 Å². The fourth-order valence-corrected chi connectivity index (χ4v) is 6.23. The van der Waals surface area contributed by atoms with E-state index in [1.165, 1.54) is 6.42 Å². The highest BCUT2D eigenvalue weighted by molar-refractivity contribution is 5.73. The van der Waals surface area contributed by atoms with E-state index < -0.39 is 11.4 Å². The van der Waals surface area contributed by atoms with Crippen molar-refractivity contribution in [2.45, 2.75) is 135 Å². The summed E-state index contributed by atoms with van der Waals surface area (Å²) in [5.41, 5.74) is -0.776. The van der Waals surface area contributed by atoms with E-state index in [1.807, 2.05) is 0 Å². The smallest absolute Gasteiger partial charge is 0.309 e. The lowest BCUT2D eigenvalue weighted by atomic mass is 9.70. The molecule has 6 atom stereocenters. The number of aliphatic hydroxyl groups excluding tert-OH is 2. The minimum atomic E-state index is -0.740. The summed E-state index contributed by atoms with van der Waals surface area (Å²) in [6.45, 7) is 7.83. The number of hydrogen-bond donors (Lipinski definition) is 3. The number of ether oxygens (including phenoxy) is 1. The molecule has 0 aromatic heterocycles. The van der Waals surface area contributed by atoms with Crippen LogP contribution in [0.3, 0.4) is 0 Å². The van der Waals surface area contributed by atoms with Crippen LogP contribution in [0.4, 0.5) is 0 Å². The van der Waals surface area contributed by atoms with Crippen LogP contribution in [-0.2, 0) is 9.53 Å². The quantitative estimate of drug-likeness (QED) is 0.300. The highest BCUT2D eigenvalue weighted by Gasteiger charge is 2.36. The third-order valence-electron chi connectivity index (χ3n) is 9.00. The highest BCUT2D eigenvalue weighted by Crippen LogP contribution is 2.40. The fraction of sp³-hybridized carbons (Fsp3) is 0.964. The minimum Gasteiger partial charge on any atom is -0.481 e. The van der Waals surface area contributed by atoms with Crippen molar-refractivity contribution in [2.24, 2.45) is 29.1 Å². The van der Waals surface area contributed by atoms with Gasteiger partial charge in [0.15, 0.2) is 0 Å². The topological polar surface area (TPSA) is 87.0 Å². The Hall–Kier alpha value is -0.650. The molecule has 194 valence electrons. The lowest BCUT2D eigenvalue weighted by molar-refractivity contribution is -0.147. The number of carboxylic acids is 1. The van der Waals surface area contributed by atoms with Gasteiger partial charge in [0.25, 0.3) is 0 Å². The van der Waals surface area contributed by atoms with Crippen LogP contribution >= 0.6 is 0 Å². The SMILES string of the molecule is COC(C)(C)CCCC1CCCC(CCC2CCCC(CCCC(C)(C)C(=O)O)C2O)C1O. The number of aliphatic carboxylic acids is 1. The average Bonchev–Trinajstić information content (AvgIpc) is 2.75. The lowest BCUT2D eigenvalue weighted by Crippen LogP contribution is -2.37. The zero-order valence-corrected chi connectivity index (χ0v) is 22.0. The normalized spacial score (nSPS) is 31.5. The van der Waals surface area contributed by atoms with Crippen molar-refractivity contribution in [2.75, 3.05) is 7.11 Å². The van der Waals surface area contributed by atoms with E-state index in [1.54, 1.807) is 21.0 Å². The van der Waals surface area contributed by atoms with Crippen LogP contribution in [0.25, 0.3) is 0 Å². The monoisotopic (exact) mass is 468 g/mol. The van der Waals surface area contributed by atoms with Crippen LogP contribution in [0.2, 0.25) is 0 Å². The summed E-state index contributed by atoms with van der Waals surface area (Å²) in [6.07, 6.45) is 13.9. The zero-order valence-electron chi connectivity index (χ0n) is 22.0. The summed E-state index contributed by atoms with van der Waals surface area (Å²) < 4.78 is 5.54. The van der Waals surface area contributed by atoms with E-state index in [9.17, 15) is 20.1 Å². The fourth-order valence-electron chi connectivity index (χ4n) is 6.23. The molecule has 0 saturated heterocycles. The number of aliphatic hydroxyl groups is 2. The van der Waals surface area contributed by atoms with Crippen LogP contribution in [0.1, 0.15) is 118 Å². The van der Waals surface area contributed by atoms with E-state index in [0.29, 0.717) is 30.1 Å². The van der Waals surface area contributed by atoms with Gasteiger partial charge in [-0.2, -0.15) is 0 Å². The van der Waals surface area contributed by atoms with E-state index in [4.69, 9.17) is 4.74 Å². The molecule has 6 unspecified atom stereocenters. The first-order chi connectivity index (χ1) is 15.5. The summed E-state index contributed by atoms with van der Waals surface area (Å²) in [6, 6.07) is 0. The predicted molar refractivity (Wildman–Crippen MR) is 133 cm³/mol. The Morgan fingerprint density at radius 1 is 0.758 bits per heavy atom. The van der Waals surface area contributed by atoms with Gasteiger partial charge in [0.2, 0.25) is 0 Å². The summed E-state index contributed by atoms with van der Waals surface area (Å²) >= 11 is 0. The number of carbonyl (C=O) groups is 1. The Labute approximate surface area is 202 Å². The van der Waals surface area contributed by atoms with Crippen molar-refractivity contribution in [3.63, 3.8) is 0 Å². The Morgan fingerprint density at radius 2 is 1.15 bits per heavy atom. The Balaban J connectivity index is 1.77. The molecule has 2 rings (SSSR count). The molecule has 3 N–H and O–H groups in total. The molecule has 0 spiro atoms. The second-order valence-electron chi connectivity index (χ2n) is 12.4. The molecule has 33 heavy (non-hydrogen) atoms. The maximum absolute atomic E-state index is 11.3. The third kappa shape index (κ3) is 8.81. The highest BCUT2D eigenvalue weighted by atomic mass is 16.5. The molecule has 0 aliphatic heterocycles. The number of carboxylic acid groups (broad SMARTS) is 1. The van der Waals surface area contributed by atoms with Crippen LogP contribution in [0, 0.1) is 29.1 Å². The molecular formula is C28H52O5. The van der Waals surface area contributed by atoms with Gasteiger partial charge in [-0.15, -0.1) is 0 Å². The van der Waals surface area contributed by atoms with Crippen LogP contribution in [0.15, 0.2) is 0 Å². The van der Waals surface area contributed by atoms with Crippen molar-refractivity contribution in [3.8, 4) is 0 Å². The standard InChI is InChI=1S/C28H52O5/c1-27(2,26(31)32)18-8-14-20-10-6-12-22(24(20)29)16-17-23-13-7-11-21(25(23)30)15-9-19-28(3,4)33-5/h20-25,29-30H,6-19H2,1-5H3,(H,31,32). The molecule has 0 heterocycles. The first-order valence-electron chi connectivity index (χ1n) is 13.6. The van der Waals surface area contributed by atoms with Gasteiger partial charge < -0.3 is 20.1 Å². The molecule has 0 aromatic carbocycles. The molecule has 5 heteroatoms. The Kier molecular flexibility index (Phi) is 11.2. The van der Waals surface area contributed by atoms with Crippen LogP contribution in [0.5, 0.6) is 0 Å². The third-order valence-corrected chi connectivity index (χ3v) is 9.00. The van der Waals surface area contributed by atoms with Gasteiger partial charge in [-0.3, -0.25) is 4.79 Å². The van der Waals surface area contributed by atoms with Crippen molar-refractivity contribution >= 4 is 5.97 Å². The molecular weight excluding hydrogens is 416 g/mol. The zero-order chi connectivity index (χ0) is 24.6. The van der Waals surface area contributed by atoms with E-state index in [2.05, 4.69) is 13.8 Å². The molecule has 2 aliphatic rings. The maximum atomic E-state index is 11.3. The first-order valence-corrected chi connectivity index (χ1v) is 13.6. The molecule has 0 amide bonds. The second-order valence-corrected chi connectivity index (χ2v) is 12.4. The van der Waals surface area contributed by atoms with Crippen LogP contribution < -0.4 is 0 Å². The van der Waals surface area contributed by atoms with Crippen LogP contribution in [-0.4, -0.2) is 46.2 Å². The number of hydrogen-bond acceptors (Lipinski definition) is 4. The predicted octanol–water partition coefficient (Wildman–Crippen LogP) is 6.20. The molecule has 2 fully saturated rings. The van der Waals surface area contributed by atoms with E-state index in [0.717, 1.165) is 77.0 Å². The first kappa shape index (κ1) is 28.6. The number of rotatable bonds is 13. The Bertz CT molecular complexity index is 587. The lowest BCUT2D eigenvalue weighted by Gasteiger charge is -2.39. The summed E-state index contributed by atoms with van der Waals surface area (Å²) in [5.74, 6) is 0.644. The molecule has 0 radical (unpaired) electrons. The molecule has 2 aliphatic carbocycles. The second kappa shape index (κ2) is 12.9. The van der Waals surface area contributed by atoms with Gasteiger partial charge in [-0.25, -0.2) is 0 Å². The largest absolute Gasteiger partial charge is 0.481 e. The molecule has 0 bridgehead atoms. The van der Waals surface area contributed by atoms with Crippen molar-refractivity contribution in [1.82, 2.24) is 0 Å². The molecule has 5 nitrogen and oxygen atoms in total. The van der Waals surface area contributed by atoms with Gasteiger partial charge in [0.05, 0.1) is 23.2 Å². The summed E-state index contributed by atoms with van der Waals surface area (Å²) in [5, 5.41) is 31.4.